The Morgan fingerprint density at radius 3 is 2.76 bits per heavy atom. The van der Waals surface area contributed by atoms with Crippen molar-refractivity contribution in [2.24, 2.45) is 5.10 Å². The fraction of sp³-hybridized carbons (Fsp3) is 0.182. The third kappa shape index (κ3) is 3.88. The van der Waals surface area contributed by atoms with Gasteiger partial charge in [0, 0.05) is 0 Å². The molecular weight excluding hydrogens is 411 g/mol. The Labute approximate surface area is 140 Å². The molecule has 0 saturated heterocycles. The number of halogens is 2. The van der Waals surface area contributed by atoms with Gasteiger partial charge in [0.05, 0.1) is 16.9 Å². The highest BCUT2D eigenvalue weighted by Gasteiger charge is 2.07. The molecule has 2 aromatic rings. The van der Waals surface area contributed by atoms with Crippen LogP contribution in [0, 0.1) is 10.5 Å². The number of hydrazone groups is 1. The number of aromatic hydroxyl groups is 1. The van der Waals surface area contributed by atoms with E-state index in [1.165, 1.54) is 11.8 Å². The Hall–Kier alpha value is -1.75. The van der Waals surface area contributed by atoms with Crippen molar-refractivity contribution in [3.63, 3.8) is 0 Å². The number of nitrogens with one attached hydrogen (secondary N) is 1. The molecule has 114 valence electrons. The zero-order valence-corrected chi connectivity index (χ0v) is 14.1. The summed E-state index contributed by atoms with van der Waals surface area (Å²) in [6.07, 6.45) is 1.56. The van der Waals surface area contributed by atoms with Gasteiger partial charge in [0.1, 0.15) is 0 Å². The van der Waals surface area contributed by atoms with E-state index < -0.39 is 0 Å². The predicted octanol–water partition coefficient (Wildman–Crippen LogP) is -1.93. The van der Waals surface area contributed by atoms with E-state index in [1.54, 1.807) is 25.3 Å². The standard InChI is InChI=1S/C11H13IN6O2.ClH/c1-6-15-17-11(18(6)13)16-14-5-7-3-8(12)10(19)9(4-7)20-2;/h3-5,19H,13H2,1-2H3,(H,16,17);1H/p-1/b14-5+;. The number of benzene rings is 1. The maximum absolute atomic E-state index is 9.73. The zero-order valence-electron chi connectivity index (χ0n) is 11.2. The summed E-state index contributed by atoms with van der Waals surface area (Å²) in [6.45, 7) is 1.73. The number of anilines is 1. The molecule has 0 saturated carbocycles. The number of nitrogen functional groups attached to an aromatic ring is 1. The molecule has 0 bridgehead atoms. The van der Waals surface area contributed by atoms with E-state index in [0.717, 1.165) is 5.56 Å². The topological polar surface area (TPSA) is 111 Å². The molecule has 0 unspecified atom stereocenters. The molecule has 0 atom stereocenters. The largest absolute Gasteiger partial charge is 1.00 e. The van der Waals surface area contributed by atoms with Crippen LogP contribution in [0.5, 0.6) is 11.5 Å². The van der Waals surface area contributed by atoms with Crippen molar-refractivity contribution in [2.45, 2.75) is 6.92 Å². The van der Waals surface area contributed by atoms with E-state index in [-0.39, 0.29) is 18.2 Å². The summed E-state index contributed by atoms with van der Waals surface area (Å²) in [4.78, 5) is 0. The second-order valence-electron chi connectivity index (χ2n) is 3.86. The SMILES string of the molecule is COc1cc(/C=N/Nc2nnc(C)n2N)cc(I)c1O.[Cl-]. The number of nitrogens with two attached hydrogens (primary N) is 1. The molecule has 10 heteroatoms. The highest BCUT2D eigenvalue weighted by Crippen LogP contribution is 2.31. The van der Waals surface area contributed by atoms with E-state index in [9.17, 15) is 5.11 Å². The molecule has 0 radical (unpaired) electrons. The minimum atomic E-state index is 0. The summed E-state index contributed by atoms with van der Waals surface area (Å²) >= 11 is 2.01. The summed E-state index contributed by atoms with van der Waals surface area (Å²) < 4.78 is 7.03. The first kappa shape index (κ1) is 17.3. The number of nitrogens with zero attached hydrogens (tertiary/aromatic N) is 4. The molecule has 1 heterocycles. The van der Waals surface area contributed by atoms with Crippen molar-refractivity contribution < 1.29 is 22.3 Å². The molecule has 8 nitrogen and oxygen atoms in total. The molecule has 1 aromatic heterocycles. The first-order chi connectivity index (χ1) is 9.52. The third-order valence-corrected chi connectivity index (χ3v) is 3.34. The van der Waals surface area contributed by atoms with E-state index >= 15 is 0 Å². The minimum Gasteiger partial charge on any atom is -1.00 e. The molecule has 1 aromatic carbocycles. The normalized spacial score (nSPS) is 10.4. The third-order valence-electron chi connectivity index (χ3n) is 2.52. The van der Waals surface area contributed by atoms with Crippen molar-refractivity contribution in [3.8, 4) is 11.5 Å². The highest BCUT2D eigenvalue weighted by molar-refractivity contribution is 14.1. The fourth-order valence-electron chi connectivity index (χ4n) is 1.43. The number of ether oxygens (including phenoxy) is 1. The van der Waals surface area contributed by atoms with Gasteiger partial charge in [-0.2, -0.15) is 5.10 Å². The van der Waals surface area contributed by atoms with Crippen molar-refractivity contribution >= 4 is 34.8 Å². The Morgan fingerprint density at radius 2 is 2.19 bits per heavy atom. The number of methoxy groups -OCH3 is 1. The van der Waals surface area contributed by atoms with Crippen LogP contribution in [0.4, 0.5) is 5.95 Å². The lowest BCUT2D eigenvalue weighted by atomic mass is 10.2. The summed E-state index contributed by atoms with van der Waals surface area (Å²) in [5.41, 5.74) is 3.44. The van der Waals surface area contributed by atoms with Crippen molar-refractivity contribution in [3.05, 3.63) is 27.1 Å². The van der Waals surface area contributed by atoms with Crippen molar-refractivity contribution in [1.29, 1.82) is 0 Å². The van der Waals surface area contributed by atoms with E-state index in [1.807, 2.05) is 22.6 Å². The van der Waals surface area contributed by atoms with Crippen molar-refractivity contribution in [1.82, 2.24) is 14.9 Å². The minimum absolute atomic E-state index is 0. The number of aromatic nitrogens is 3. The number of phenolic OH excluding ortho intramolecular Hbond substituents is 1. The predicted molar refractivity (Wildman–Crippen MR) is 83.5 cm³/mol. The van der Waals surface area contributed by atoms with Gasteiger partial charge in [0.25, 0.3) is 5.95 Å². The average molecular weight is 424 g/mol. The lowest BCUT2D eigenvalue weighted by Crippen LogP contribution is -3.00. The smallest absolute Gasteiger partial charge is 0.263 e. The van der Waals surface area contributed by atoms with Crippen LogP contribution in [0.2, 0.25) is 0 Å². The van der Waals surface area contributed by atoms with E-state index in [4.69, 9.17) is 10.6 Å². The molecule has 0 fully saturated rings. The summed E-state index contributed by atoms with van der Waals surface area (Å²) in [6, 6.07) is 3.43. The number of hydrogen-bond donors (Lipinski definition) is 3. The monoisotopic (exact) mass is 423 g/mol. The summed E-state index contributed by atoms with van der Waals surface area (Å²) in [5.74, 6) is 7.07. The van der Waals surface area contributed by atoms with Crippen LogP contribution in [0.3, 0.4) is 0 Å². The molecule has 0 aliphatic heterocycles. The number of hydrogen-bond acceptors (Lipinski definition) is 7. The maximum atomic E-state index is 9.73. The quantitative estimate of drug-likeness (QED) is 0.229. The first-order valence-electron chi connectivity index (χ1n) is 5.55. The van der Waals surface area contributed by atoms with Crippen LogP contribution >= 0.6 is 22.6 Å². The van der Waals surface area contributed by atoms with Crippen LogP contribution in [0.1, 0.15) is 11.4 Å². The van der Waals surface area contributed by atoms with Crippen LogP contribution in [0.15, 0.2) is 17.2 Å². The van der Waals surface area contributed by atoms with Gasteiger partial charge in [-0.3, -0.25) is 0 Å². The number of phenols is 1. The molecule has 0 aliphatic rings. The highest BCUT2D eigenvalue weighted by atomic mass is 127. The molecule has 2 rings (SSSR count). The summed E-state index contributed by atoms with van der Waals surface area (Å²) in [5, 5.41) is 21.3. The van der Waals surface area contributed by atoms with Gasteiger partial charge >= 0.3 is 0 Å². The first-order valence-corrected chi connectivity index (χ1v) is 6.63. The lowest BCUT2D eigenvalue weighted by molar-refractivity contribution is -0.00000535. The number of aryl methyl sites for hydroxylation is 1. The maximum Gasteiger partial charge on any atom is 0.263 e. The second kappa shape index (κ2) is 7.31. The van der Waals surface area contributed by atoms with E-state index in [0.29, 0.717) is 21.1 Å². The lowest BCUT2D eigenvalue weighted by Gasteiger charge is -2.06. The second-order valence-corrected chi connectivity index (χ2v) is 5.03. The Kier molecular flexibility index (Phi) is 6.03. The molecule has 21 heavy (non-hydrogen) atoms. The van der Waals surface area contributed by atoms with Crippen LogP contribution in [-0.2, 0) is 0 Å². The van der Waals surface area contributed by atoms with Crippen LogP contribution < -0.4 is 28.4 Å². The van der Waals surface area contributed by atoms with Gasteiger partial charge in [-0.15, -0.1) is 10.2 Å². The van der Waals surface area contributed by atoms with Gasteiger partial charge in [-0.05, 0) is 47.2 Å². The molecule has 0 spiro atoms. The van der Waals surface area contributed by atoms with Crippen LogP contribution in [-0.4, -0.2) is 33.3 Å². The van der Waals surface area contributed by atoms with Crippen molar-refractivity contribution in [2.75, 3.05) is 18.4 Å². The van der Waals surface area contributed by atoms with Gasteiger partial charge in [-0.1, -0.05) is 0 Å². The Balaban J connectivity index is 0.00000220. The summed E-state index contributed by atoms with van der Waals surface area (Å²) in [7, 11) is 1.49. The molecule has 0 aliphatic carbocycles. The Morgan fingerprint density at radius 1 is 1.48 bits per heavy atom. The van der Waals surface area contributed by atoms with Crippen LogP contribution in [0.25, 0.3) is 0 Å². The van der Waals surface area contributed by atoms with Gasteiger partial charge in [0.15, 0.2) is 17.3 Å². The molecule has 4 N–H and O–H groups in total. The molecule has 0 amide bonds. The van der Waals surface area contributed by atoms with Gasteiger partial charge in [-0.25, -0.2) is 10.1 Å². The number of rotatable bonds is 4. The van der Waals surface area contributed by atoms with E-state index in [2.05, 4.69) is 20.7 Å². The fourth-order valence-corrected chi connectivity index (χ4v) is 2.06. The van der Waals surface area contributed by atoms with Gasteiger partial charge in [0.2, 0.25) is 0 Å². The molecular formula is C11H13ClIN6O2-. The Bertz CT molecular complexity index is 660. The van der Waals surface area contributed by atoms with Gasteiger partial charge < -0.3 is 28.1 Å². The zero-order chi connectivity index (χ0) is 14.7. The average Bonchev–Trinajstić information content (AvgIpc) is 2.74.